The highest BCUT2D eigenvalue weighted by atomic mass is 19.1. The van der Waals surface area contributed by atoms with E-state index in [9.17, 15) is 4.39 Å². The molecule has 4 aromatic rings. The SMILES string of the molecule is COc1cc(-c2cc3c(n4cnnc24)NCc2c(F)ccc4c2[C@@H](CO4)CO3)ccn1. The van der Waals surface area contributed by atoms with Crippen LogP contribution < -0.4 is 19.5 Å². The Labute approximate surface area is 176 Å². The van der Waals surface area contributed by atoms with Crippen LogP contribution in [0.3, 0.4) is 0 Å². The zero-order valence-corrected chi connectivity index (χ0v) is 16.6. The third-order valence-corrected chi connectivity index (χ3v) is 5.77. The van der Waals surface area contributed by atoms with Crippen molar-refractivity contribution in [1.29, 1.82) is 0 Å². The summed E-state index contributed by atoms with van der Waals surface area (Å²) in [5, 5.41) is 11.7. The molecule has 1 aromatic carbocycles. The zero-order chi connectivity index (χ0) is 20.9. The van der Waals surface area contributed by atoms with Crippen molar-refractivity contribution in [3.63, 3.8) is 0 Å². The van der Waals surface area contributed by atoms with E-state index in [2.05, 4.69) is 20.5 Å². The molecule has 0 fully saturated rings. The van der Waals surface area contributed by atoms with E-state index in [0.29, 0.717) is 48.4 Å². The summed E-state index contributed by atoms with van der Waals surface area (Å²) in [5.74, 6) is 2.21. The van der Waals surface area contributed by atoms with Gasteiger partial charge in [0, 0.05) is 35.5 Å². The first-order valence-electron chi connectivity index (χ1n) is 9.91. The molecule has 0 bridgehead atoms. The average molecular weight is 419 g/mol. The predicted octanol–water partition coefficient (Wildman–Crippen LogP) is 3.42. The summed E-state index contributed by atoms with van der Waals surface area (Å²) >= 11 is 0. The van der Waals surface area contributed by atoms with Crippen LogP contribution in [0.15, 0.2) is 42.9 Å². The number of ether oxygens (including phenoxy) is 3. The first-order chi connectivity index (χ1) is 15.2. The maximum Gasteiger partial charge on any atom is 0.213 e. The number of benzene rings is 1. The Hall–Kier alpha value is -3.88. The normalized spacial score (nSPS) is 16.8. The standard InChI is InChI=1S/C22H18FN5O3/c1-29-19-6-12(4-5-24-19)14-7-18-22(28-11-26-27-21(14)28)25-8-15-16(23)2-3-17-20(15)13(9-30-17)10-31-18/h2-7,11,13,25H,8-10H2,1H3/t13-/m0/s1. The fraction of sp³-hybridized carbons (Fsp3) is 0.227. The van der Waals surface area contributed by atoms with Crippen molar-refractivity contribution in [3.8, 4) is 28.5 Å². The number of methoxy groups -OCH3 is 1. The minimum Gasteiger partial charge on any atom is -0.493 e. The van der Waals surface area contributed by atoms with E-state index in [-0.39, 0.29) is 11.7 Å². The zero-order valence-electron chi connectivity index (χ0n) is 16.6. The van der Waals surface area contributed by atoms with E-state index < -0.39 is 0 Å². The van der Waals surface area contributed by atoms with E-state index >= 15 is 0 Å². The largest absolute Gasteiger partial charge is 0.493 e. The molecule has 3 aromatic heterocycles. The summed E-state index contributed by atoms with van der Waals surface area (Å²) in [6.07, 6.45) is 3.29. The van der Waals surface area contributed by atoms with E-state index in [0.717, 1.165) is 22.4 Å². The molecule has 31 heavy (non-hydrogen) atoms. The van der Waals surface area contributed by atoms with Gasteiger partial charge in [0.2, 0.25) is 5.88 Å². The highest BCUT2D eigenvalue weighted by Crippen LogP contribution is 2.42. The number of fused-ring (bicyclic) bond motifs is 3. The summed E-state index contributed by atoms with van der Waals surface area (Å²) in [4.78, 5) is 4.18. The summed E-state index contributed by atoms with van der Waals surface area (Å²) in [7, 11) is 1.57. The monoisotopic (exact) mass is 419 g/mol. The Kier molecular flexibility index (Phi) is 3.95. The Balaban J connectivity index is 1.51. The van der Waals surface area contributed by atoms with E-state index in [1.165, 1.54) is 6.07 Å². The Morgan fingerprint density at radius 2 is 2.03 bits per heavy atom. The maximum atomic E-state index is 14.7. The minimum atomic E-state index is -0.259. The van der Waals surface area contributed by atoms with Gasteiger partial charge >= 0.3 is 0 Å². The molecule has 0 aliphatic carbocycles. The van der Waals surface area contributed by atoms with Crippen molar-refractivity contribution in [2.24, 2.45) is 0 Å². The minimum absolute atomic E-state index is 0.0467. The van der Waals surface area contributed by atoms with Crippen molar-refractivity contribution < 1.29 is 18.6 Å². The Morgan fingerprint density at radius 3 is 2.90 bits per heavy atom. The lowest BCUT2D eigenvalue weighted by atomic mass is 9.96. The lowest BCUT2D eigenvalue weighted by Gasteiger charge is -2.16. The topological polar surface area (TPSA) is 82.8 Å². The van der Waals surface area contributed by atoms with Crippen LogP contribution in [-0.4, -0.2) is 39.9 Å². The van der Waals surface area contributed by atoms with Crippen molar-refractivity contribution in [1.82, 2.24) is 19.6 Å². The van der Waals surface area contributed by atoms with Crippen molar-refractivity contribution in [2.75, 3.05) is 25.6 Å². The molecule has 0 radical (unpaired) electrons. The van der Waals surface area contributed by atoms with Crippen LogP contribution in [-0.2, 0) is 6.54 Å². The second-order valence-electron chi connectivity index (χ2n) is 7.49. The number of anilines is 1. The fourth-order valence-corrected chi connectivity index (χ4v) is 4.29. The molecule has 0 unspecified atom stereocenters. The van der Waals surface area contributed by atoms with Crippen molar-refractivity contribution in [2.45, 2.75) is 12.5 Å². The highest BCUT2D eigenvalue weighted by Gasteiger charge is 2.31. The number of halogens is 1. The van der Waals surface area contributed by atoms with E-state index in [1.54, 1.807) is 25.7 Å². The van der Waals surface area contributed by atoms with Gasteiger partial charge in [0.05, 0.1) is 26.2 Å². The number of rotatable bonds is 2. The number of nitrogens with zero attached hydrogens (tertiary/aromatic N) is 4. The summed E-state index contributed by atoms with van der Waals surface area (Å²) in [6, 6.07) is 8.77. The van der Waals surface area contributed by atoms with Gasteiger partial charge in [-0.1, -0.05) is 0 Å². The van der Waals surface area contributed by atoms with Gasteiger partial charge in [-0.2, -0.15) is 0 Å². The summed E-state index contributed by atoms with van der Waals surface area (Å²) in [5.41, 5.74) is 3.81. The second kappa shape index (κ2) is 6.83. The fourth-order valence-electron chi connectivity index (χ4n) is 4.29. The molecule has 156 valence electrons. The molecule has 9 heteroatoms. The molecular weight excluding hydrogens is 401 g/mol. The van der Waals surface area contributed by atoms with Crippen LogP contribution in [0.4, 0.5) is 10.2 Å². The third-order valence-electron chi connectivity index (χ3n) is 5.77. The van der Waals surface area contributed by atoms with Gasteiger partial charge < -0.3 is 19.5 Å². The van der Waals surface area contributed by atoms with Crippen LogP contribution in [0.2, 0.25) is 0 Å². The first-order valence-corrected chi connectivity index (χ1v) is 9.91. The quantitative estimate of drug-likeness (QED) is 0.533. The molecule has 8 nitrogen and oxygen atoms in total. The maximum absolute atomic E-state index is 14.7. The van der Waals surface area contributed by atoms with Crippen LogP contribution in [0, 0.1) is 5.82 Å². The van der Waals surface area contributed by atoms with Crippen molar-refractivity contribution >= 4 is 11.5 Å². The molecule has 2 aliphatic rings. The van der Waals surface area contributed by atoms with Gasteiger partial charge in [-0.15, -0.1) is 10.2 Å². The molecule has 2 aliphatic heterocycles. The van der Waals surface area contributed by atoms with Crippen LogP contribution in [0.5, 0.6) is 17.4 Å². The molecule has 6 rings (SSSR count). The average Bonchev–Trinajstić information content (AvgIpc) is 3.45. The van der Waals surface area contributed by atoms with Gasteiger partial charge in [-0.3, -0.25) is 4.40 Å². The lowest BCUT2D eigenvalue weighted by molar-refractivity contribution is 0.249. The highest BCUT2D eigenvalue weighted by molar-refractivity contribution is 5.82. The molecular formula is C22H18FN5O3. The van der Waals surface area contributed by atoms with Gasteiger partial charge in [-0.05, 0) is 29.8 Å². The predicted molar refractivity (Wildman–Crippen MR) is 110 cm³/mol. The molecule has 0 saturated carbocycles. The molecule has 0 spiro atoms. The molecule has 1 atom stereocenters. The second-order valence-corrected chi connectivity index (χ2v) is 7.49. The molecule has 0 saturated heterocycles. The smallest absolute Gasteiger partial charge is 0.213 e. The third kappa shape index (κ3) is 2.77. The molecule has 5 heterocycles. The van der Waals surface area contributed by atoms with Crippen LogP contribution >= 0.6 is 0 Å². The first kappa shape index (κ1) is 17.9. The molecule has 1 N–H and O–H groups in total. The van der Waals surface area contributed by atoms with Gasteiger partial charge in [0.1, 0.15) is 17.9 Å². The van der Waals surface area contributed by atoms with Gasteiger partial charge in [0.15, 0.2) is 17.2 Å². The number of aromatic nitrogens is 4. The summed E-state index contributed by atoms with van der Waals surface area (Å²) in [6.45, 7) is 1.12. The number of hydrogen-bond acceptors (Lipinski definition) is 7. The number of pyridine rings is 2. The lowest BCUT2D eigenvalue weighted by Crippen LogP contribution is -2.13. The van der Waals surface area contributed by atoms with E-state index in [1.807, 2.05) is 22.6 Å². The number of nitrogens with one attached hydrogen (secondary N) is 1. The van der Waals surface area contributed by atoms with Crippen molar-refractivity contribution in [3.05, 3.63) is 59.8 Å². The summed E-state index contributed by atoms with van der Waals surface area (Å²) < 4.78 is 33.8. The van der Waals surface area contributed by atoms with Gasteiger partial charge in [0.25, 0.3) is 0 Å². The Bertz CT molecular complexity index is 1320. The van der Waals surface area contributed by atoms with Gasteiger partial charge in [-0.25, -0.2) is 9.37 Å². The molecule has 0 amide bonds. The van der Waals surface area contributed by atoms with Crippen LogP contribution in [0.25, 0.3) is 16.8 Å². The van der Waals surface area contributed by atoms with Crippen LogP contribution in [0.1, 0.15) is 17.0 Å². The van der Waals surface area contributed by atoms with E-state index in [4.69, 9.17) is 14.2 Å². The Morgan fingerprint density at radius 1 is 1.16 bits per heavy atom. The number of hydrogen-bond donors (Lipinski definition) is 1.